The molecule has 1 aliphatic rings. The Morgan fingerprint density at radius 2 is 2.22 bits per heavy atom. The zero-order chi connectivity index (χ0) is 13.3. The van der Waals surface area contributed by atoms with Crippen LogP contribution in [0, 0.1) is 12.8 Å². The molecule has 2 N–H and O–H groups in total. The molecular formula is C13H18N2O3. The maximum absolute atomic E-state index is 12.1. The number of aryl methyl sites for hydroxylation is 1. The summed E-state index contributed by atoms with van der Waals surface area (Å²) < 4.78 is 0. The van der Waals surface area contributed by atoms with E-state index in [4.69, 9.17) is 0 Å². The van der Waals surface area contributed by atoms with Gasteiger partial charge in [0.2, 0.25) is 0 Å². The lowest BCUT2D eigenvalue weighted by atomic mass is 9.82. The molecular weight excluding hydrogens is 232 g/mol. The maximum atomic E-state index is 12.1. The second kappa shape index (κ2) is 4.94. The third-order valence-corrected chi connectivity index (χ3v) is 3.38. The van der Waals surface area contributed by atoms with Gasteiger partial charge in [0, 0.05) is 31.5 Å². The van der Waals surface area contributed by atoms with Crippen LogP contribution in [0.2, 0.25) is 0 Å². The molecule has 1 fully saturated rings. The first-order chi connectivity index (χ1) is 8.47. The Kier molecular flexibility index (Phi) is 3.52. The average Bonchev–Trinajstić information content (AvgIpc) is 2.26. The number of carbonyl (C=O) groups is 1. The van der Waals surface area contributed by atoms with E-state index in [-0.39, 0.29) is 23.0 Å². The minimum atomic E-state index is -0.266. The molecule has 0 atom stereocenters. The Balaban J connectivity index is 2.04. The normalized spacial score (nSPS) is 22.4. The first-order valence-corrected chi connectivity index (χ1v) is 6.10. The predicted octanol–water partition coefficient (Wildman–Crippen LogP) is 0.526. The molecule has 1 saturated carbocycles. The Hall–Kier alpha value is -1.62. The smallest absolute Gasteiger partial charge is 0.259 e. The summed E-state index contributed by atoms with van der Waals surface area (Å²) in [4.78, 5) is 28.2. The molecule has 0 aromatic carbocycles. The van der Waals surface area contributed by atoms with Crippen LogP contribution in [0.15, 0.2) is 17.1 Å². The topological polar surface area (TPSA) is 73.4 Å². The van der Waals surface area contributed by atoms with Gasteiger partial charge in [0.05, 0.1) is 6.10 Å². The van der Waals surface area contributed by atoms with E-state index in [1.54, 1.807) is 18.9 Å². The third-order valence-electron chi connectivity index (χ3n) is 3.38. The van der Waals surface area contributed by atoms with Gasteiger partial charge in [-0.05, 0) is 25.7 Å². The molecule has 5 heteroatoms. The first-order valence-electron chi connectivity index (χ1n) is 6.10. The second-order valence-corrected chi connectivity index (χ2v) is 5.07. The van der Waals surface area contributed by atoms with E-state index < -0.39 is 0 Å². The molecule has 0 saturated heterocycles. The largest absolute Gasteiger partial charge is 0.393 e. The number of amides is 1. The molecule has 0 spiro atoms. The van der Waals surface area contributed by atoms with Gasteiger partial charge >= 0.3 is 0 Å². The highest BCUT2D eigenvalue weighted by molar-refractivity contribution is 5.93. The molecule has 0 unspecified atom stereocenters. The summed E-state index contributed by atoms with van der Waals surface area (Å²) in [5.74, 6) is 0.0797. The van der Waals surface area contributed by atoms with Crippen molar-refractivity contribution in [2.75, 3.05) is 13.6 Å². The van der Waals surface area contributed by atoms with Gasteiger partial charge in [-0.3, -0.25) is 9.59 Å². The summed E-state index contributed by atoms with van der Waals surface area (Å²) >= 11 is 0. The summed E-state index contributed by atoms with van der Waals surface area (Å²) in [5.41, 5.74) is 0.654. The SMILES string of the molecule is Cc1cc(=O)c(C(=O)N(C)CC2CC(O)C2)c[nH]1. The molecule has 0 radical (unpaired) electrons. The van der Waals surface area contributed by atoms with E-state index >= 15 is 0 Å². The Labute approximate surface area is 105 Å². The highest BCUT2D eigenvalue weighted by Crippen LogP contribution is 2.27. The molecule has 1 aliphatic carbocycles. The number of aliphatic hydroxyl groups is 1. The molecule has 1 amide bonds. The van der Waals surface area contributed by atoms with Crippen molar-refractivity contribution in [2.24, 2.45) is 5.92 Å². The number of nitrogens with zero attached hydrogens (tertiary/aromatic N) is 1. The van der Waals surface area contributed by atoms with Crippen molar-refractivity contribution in [2.45, 2.75) is 25.9 Å². The fourth-order valence-electron chi connectivity index (χ4n) is 2.27. The van der Waals surface area contributed by atoms with Gasteiger partial charge in [0.25, 0.3) is 5.91 Å². The fourth-order valence-corrected chi connectivity index (χ4v) is 2.27. The van der Waals surface area contributed by atoms with Crippen LogP contribution in [0.25, 0.3) is 0 Å². The van der Waals surface area contributed by atoms with Crippen LogP contribution < -0.4 is 5.43 Å². The van der Waals surface area contributed by atoms with Crippen molar-refractivity contribution >= 4 is 5.91 Å². The van der Waals surface area contributed by atoms with Crippen LogP contribution in [0.1, 0.15) is 28.9 Å². The van der Waals surface area contributed by atoms with Gasteiger partial charge < -0.3 is 15.0 Å². The number of H-pyrrole nitrogens is 1. The molecule has 2 rings (SSSR count). The number of rotatable bonds is 3. The van der Waals surface area contributed by atoms with Gasteiger partial charge in [0.1, 0.15) is 5.56 Å². The molecule has 5 nitrogen and oxygen atoms in total. The number of hydrogen-bond acceptors (Lipinski definition) is 3. The lowest BCUT2D eigenvalue weighted by Gasteiger charge is -2.34. The molecule has 1 aromatic rings. The van der Waals surface area contributed by atoms with E-state index in [9.17, 15) is 14.7 Å². The van der Waals surface area contributed by atoms with Crippen molar-refractivity contribution in [3.8, 4) is 0 Å². The Bertz CT molecular complexity index is 503. The van der Waals surface area contributed by atoms with Crippen LogP contribution >= 0.6 is 0 Å². The maximum Gasteiger partial charge on any atom is 0.259 e. The van der Waals surface area contributed by atoms with Crippen molar-refractivity contribution in [3.63, 3.8) is 0 Å². The average molecular weight is 250 g/mol. The van der Waals surface area contributed by atoms with Crippen molar-refractivity contribution in [3.05, 3.63) is 33.7 Å². The summed E-state index contributed by atoms with van der Waals surface area (Å²) in [5, 5.41) is 9.20. The van der Waals surface area contributed by atoms with Crippen LogP contribution in [0.3, 0.4) is 0 Å². The molecule has 98 valence electrons. The molecule has 0 aliphatic heterocycles. The van der Waals surface area contributed by atoms with Crippen molar-refractivity contribution < 1.29 is 9.90 Å². The van der Waals surface area contributed by atoms with Gasteiger partial charge in [-0.1, -0.05) is 0 Å². The zero-order valence-electron chi connectivity index (χ0n) is 10.6. The lowest BCUT2D eigenvalue weighted by Crippen LogP contribution is -2.40. The first kappa shape index (κ1) is 12.8. The quantitative estimate of drug-likeness (QED) is 0.821. The zero-order valence-corrected chi connectivity index (χ0v) is 10.6. The molecule has 1 heterocycles. The van der Waals surface area contributed by atoms with Crippen LogP contribution in [0.4, 0.5) is 0 Å². The molecule has 18 heavy (non-hydrogen) atoms. The van der Waals surface area contributed by atoms with Gasteiger partial charge in [-0.15, -0.1) is 0 Å². The predicted molar refractivity (Wildman–Crippen MR) is 67.5 cm³/mol. The highest BCUT2D eigenvalue weighted by Gasteiger charge is 2.29. The monoisotopic (exact) mass is 250 g/mol. The lowest BCUT2D eigenvalue weighted by molar-refractivity contribution is 0.0265. The molecule has 0 bridgehead atoms. The number of aromatic nitrogens is 1. The van der Waals surface area contributed by atoms with Gasteiger partial charge in [-0.2, -0.15) is 0 Å². The number of aliphatic hydroxyl groups excluding tert-OH is 1. The minimum Gasteiger partial charge on any atom is -0.393 e. The highest BCUT2D eigenvalue weighted by atomic mass is 16.3. The molecule has 1 aromatic heterocycles. The van der Waals surface area contributed by atoms with Crippen molar-refractivity contribution in [1.29, 1.82) is 0 Å². The van der Waals surface area contributed by atoms with Crippen LogP contribution in [-0.4, -0.2) is 40.6 Å². The van der Waals surface area contributed by atoms with Crippen LogP contribution in [0.5, 0.6) is 0 Å². The number of aromatic amines is 1. The minimum absolute atomic E-state index is 0.169. The van der Waals surface area contributed by atoms with E-state index in [0.717, 1.165) is 18.5 Å². The van der Waals surface area contributed by atoms with E-state index in [1.165, 1.54) is 12.3 Å². The van der Waals surface area contributed by atoms with E-state index in [2.05, 4.69) is 4.98 Å². The summed E-state index contributed by atoms with van der Waals surface area (Å²) in [6.45, 7) is 2.36. The fraction of sp³-hybridized carbons (Fsp3) is 0.538. The Morgan fingerprint density at radius 3 is 2.78 bits per heavy atom. The van der Waals surface area contributed by atoms with Gasteiger partial charge in [0.15, 0.2) is 5.43 Å². The number of pyridine rings is 1. The van der Waals surface area contributed by atoms with Crippen LogP contribution in [-0.2, 0) is 0 Å². The number of carbonyl (C=O) groups excluding carboxylic acids is 1. The van der Waals surface area contributed by atoms with E-state index in [0.29, 0.717) is 12.5 Å². The van der Waals surface area contributed by atoms with E-state index in [1.807, 2.05) is 0 Å². The standard InChI is InChI=1S/C13H18N2O3/c1-8-3-12(17)11(6-14-8)13(18)15(2)7-9-4-10(16)5-9/h3,6,9-10,16H,4-5,7H2,1-2H3,(H,14,17). The summed E-state index contributed by atoms with van der Waals surface area (Å²) in [7, 11) is 1.69. The van der Waals surface area contributed by atoms with Gasteiger partial charge in [-0.25, -0.2) is 0 Å². The number of nitrogens with one attached hydrogen (secondary N) is 1. The third kappa shape index (κ3) is 2.61. The second-order valence-electron chi connectivity index (χ2n) is 5.07. The Morgan fingerprint density at radius 1 is 1.56 bits per heavy atom. The number of hydrogen-bond donors (Lipinski definition) is 2. The summed E-state index contributed by atoms with van der Waals surface area (Å²) in [6, 6.07) is 1.42. The summed E-state index contributed by atoms with van der Waals surface area (Å²) in [6.07, 6.45) is 2.72. The van der Waals surface area contributed by atoms with Crippen molar-refractivity contribution in [1.82, 2.24) is 9.88 Å².